The van der Waals surface area contributed by atoms with Crippen LogP contribution in [0.3, 0.4) is 0 Å². The molecule has 4 atom stereocenters. The van der Waals surface area contributed by atoms with E-state index in [1.54, 1.807) is 20.8 Å². The van der Waals surface area contributed by atoms with Crippen LogP contribution in [0.5, 0.6) is 0 Å². The monoisotopic (exact) mass is 267 g/mol. The van der Waals surface area contributed by atoms with E-state index in [1.165, 1.54) is 0 Å². The van der Waals surface area contributed by atoms with Gasteiger partial charge in [-0.05, 0) is 45.4 Å². The highest BCUT2D eigenvalue weighted by molar-refractivity contribution is 5.75. The number of hydrogen-bond donors (Lipinski definition) is 2. The quantitative estimate of drug-likeness (QED) is 0.752. The Hall–Kier alpha value is -1.52. The lowest BCUT2D eigenvalue weighted by Crippen LogP contribution is -2.55. The van der Waals surface area contributed by atoms with Crippen LogP contribution in [-0.4, -0.2) is 28.8 Å². The van der Waals surface area contributed by atoms with E-state index in [1.807, 2.05) is 12.2 Å². The number of carboxylic acid groups (broad SMARTS) is 1. The van der Waals surface area contributed by atoms with Crippen LogP contribution in [0.15, 0.2) is 12.2 Å². The summed E-state index contributed by atoms with van der Waals surface area (Å²) in [5.41, 5.74) is -0.577. The molecule has 1 amide bonds. The van der Waals surface area contributed by atoms with E-state index in [0.717, 1.165) is 12.8 Å². The number of carboxylic acids is 1. The first kappa shape index (κ1) is 13.9. The first-order valence-corrected chi connectivity index (χ1v) is 6.68. The first-order chi connectivity index (χ1) is 8.78. The second-order valence-electron chi connectivity index (χ2n) is 6.33. The molecule has 19 heavy (non-hydrogen) atoms. The van der Waals surface area contributed by atoms with Crippen LogP contribution < -0.4 is 5.32 Å². The largest absolute Gasteiger partial charge is 0.481 e. The van der Waals surface area contributed by atoms with Crippen molar-refractivity contribution in [1.82, 2.24) is 5.32 Å². The smallest absolute Gasteiger partial charge is 0.407 e. The molecule has 5 nitrogen and oxygen atoms in total. The van der Waals surface area contributed by atoms with Gasteiger partial charge in [-0.25, -0.2) is 4.79 Å². The van der Waals surface area contributed by atoms with Crippen molar-refractivity contribution in [3.05, 3.63) is 12.2 Å². The summed E-state index contributed by atoms with van der Waals surface area (Å²) in [6, 6.07) is -0.365. The third kappa shape index (κ3) is 3.08. The van der Waals surface area contributed by atoms with Crippen LogP contribution in [-0.2, 0) is 9.53 Å². The number of carbonyl (C=O) groups is 2. The molecule has 3 rings (SSSR count). The first-order valence-electron chi connectivity index (χ1n) is 6.68. The van der Waals surface area contributed by atoms with E-state index in [-0.39, 0.29) is 17.9 Å². The van der Waals surface area contributed by atoms with Crippen molar-refractivity contribution in [2.45, 2.75) is 45.3 Å². The number of ether oxygens (including phenoxy) is 1. The molecule has 0 aliphatic heterocycles. The van der Waals surface area contributed by atoms with Crippen LogP contribution in [0.25, 0.3) is 0 Å². The van der Waals surface area contributed by atoms with E-state index in [2.05, 4.69) is 5.32 Å². The third-order valence-electron chi connectivity index (χ3n) is 3.72. The molecule has 0 heterocycles. The van der Waals surface area contributed by atoms with Crippen LogP contribution in [0.4, 0.5) is 4.79 Å². The molecule has 0 saturated heterocycles. The zero-order chi connectivity index (χ0) is 14.2. The second kappa shape index (κ2) is 4.87. The van der Waals surface area contributed by atoms with Gasteiger partial charge in [-0.1, -0.05) is 12.2 Å². The molecule has 0 unspecified atom stereocenters. The van der Waals surface area contributed by atoms with Gasteiger partial charge >= 0.3 is 12.1 Å². The van der Waals surface area contributed by atoms with Crippen molar-refractivity contribution in [3.63, 3.8) is 0 Å². The predicted molar refractivity (Wildman–Crippen MR) is 69.6 cm³/mol. The zero-order valence-electron chi connectivity index (χ0n) is 11.6. The summed E-state index contributed by atoms with van der Waals surface area (Å²) in [5.74, 6) is -1.28. The van der Waals surface area contributed by atoms with Crippen molar-refractivity contribution in [3.8, 4) is 0 Å². The standard InChI is InChI=1S/C14H21NO4/c1-14(2,3)19-13(18)15-11-9-6-4-8(5-7-9)10(11)12(16)17/h4,6,8-11H,5,7H2,1-3H3,(H,15,18)(H,16,17)/t8-,9+,10-,11+/m0/s1. The predicted octanol–water partition coefficient (Wildman–Crippen LogP) is 2.18. The summed E-state index contributed by atoms with van der Waals surface area (Å²) >= 11 is 0. The number of rotatable bonds is 2. The van der Waals surface area contributed by atoms with Gasteiger partial charge < -0.3 is 15.2 Å². The molecule has 1 fully saturated rings. The average Bonchev–Trinajstić information content (AvgIpc) is 2.27. The van der Waals surface area contributed by atoms with Crippen molar-refractivity contribution >= 4 is 12.1 Å². The second-order valence-corrected chi connectivity index (χ2v) is 6.33. The number of aliphatic carboxylic acids is 1. The van der Waals surface area contributed by atoms with Gasteiger partial charge in [0, 0.05) is 0 Å². The lowest BCUT2D eigenvalue weighted by atomic mass is 9.66. The molecule has 2 bridgehead atoms. The minimum absolute atomic E-state index is 0.0161. The van der Waals surface area contributed by atoms with Crippen LogP contribution in [0.1, 0.15) is 33.6 Å². The molecule has 0 aromatic rings. The SMILES string of the molecule is CC(C)(C)OC(=O)N[C@H]1[C@@H](C(=O)O)[C@H]2C=C[C@@H]1CC2. The van der Waals surface area contributed by atoms with Gasteiger partial charge in [0.25, 0.3) is 0 Å². The summed E-state index contributed by atoms with van der Waals surface area (Å²) in [5, 5.41) is 12.1. The van der Waals surface area contributed by atoms with Crippen LogP contribution >= 0.6 is 0 Å². The summed E-state index contributed by atoms with van der Waals surface area (Å²) < 4.78 is 5.21. The van der Waals surface area contributed by atoms with Crippen molar-refractivity contribution < 1.29 is 19.4 Å². The van der Waals surface area contributed by atoms with Gasteiger partial charge in [0.15, 0.2) is 0 Å². The molecule has 0 aromatic heterocycles. The fourth-order valence-corrected chi connectivity index (χ4v) is 2.97. The zero-order valence-corrected chi connectivity index (χ0v) is 11.6. The molecule has 0 spiro atoms. The Labute approximate surface area is 113 Å². The molecule has 1 saturated carbocycles. The summed E-state index contributed by atoms with van der Waals surface area (Å²) in [6.45, 7) is 5.36. The van der Waals surface area contributed by atoms with Crippen LogP contribution in [0, 0.1) is 17.8 Å². The maximum atomic E-state index is 11.8. The van der Waals surface area contributed by atoms with E-state index in [0.29, 0.717) is 0 Å². The Morgan fingerprint density at radius 2 is 1.79 bits per heavy atom. The molecule has 2 N–H and O–H groups in total. The number of fused-ring (bicyclic) bond motifs is 2. The van der Waals surface area contributed by atoms with Gasteiger partial charge in [-0.3, -0.25) is 4.79 Å². The summed E-state index contributed by atoms with van der Waals surface area (Å²) in [4.78, 5) is 23.2. The summed E-state index contributed by atoms with van der Waals surface area (Å²) in [6.07, 6.45) is 5.26. The minimum atomic E-state index is -0.847. The highest BCUT2D eigenvalue weighted by atomic mass is 16.6. The lowest BCUT2D eigenvalue weighted by Gasteiger charge is -2.43. The molecule has 106 valence electrons. The van der Waals surface area contributed by atoms with Crippen molar-refractivity contribution in [2.75, 3.05) is 0 Å². The number of hydrogen-bond acceptors (Lipinski definition) is 3. The molecule has 0 aromatic carbocycles. The van der Waals surface area contributed by atoms with Gasteiger partial charge in [-0.15, -0.1) is 0 Å². The molecular formula is C14H21NO4. The van der Waals surface area contributed by atoms with Crippen molar-refractivity contribution in [1.29, 1.82) is 0 Å². The van der Waals surface area contributed by atoms with Gasteiger partial charge in [-0.2, -0.15) is 0 Å². The van der Waals surface area contributed by atoms with Crippen molar-refractivity contribution in [2.24, 2.45) is 17.8 Å². The Balaban J connectivity index is 2.08. The van der Waals surface area contributed by atoms with Gasteiger partial charge in [0.1, 0.15) is 5.60 Å². The lowest BCUT2D eigenvalue weighted by molar-refractivity contribution is -0.146. The average molecular weight is 267 g/mol. The fourth-order valence-electron chi connectivity index (χ4n) is 2.97. The Kier molecular flexibility index (Phi) is 3.56. The van der Waals surface area contributed by atoms with Gasteiger partial charge in [0.05, 0.1) is 12.0 Å². The fraction of sp³-hybridized carbons (Fsp3) is 0.714. The van der Waals surface area contributed by atoms with E-state index in [4.69, 9.17) is 4.74 Å². The maximum Gasteiger partial charge on any atom is 0.407 e. The topological polar surface area (TPSA) is 75.6 Å². The normalized spacial score (nSPS) is 33.0. The number of allylic oxidation sites excluding steroid dienone is 1. The Morgan fingerprint density at radius 3 is 2.26 bits per heavy atom. The highest BCUT2D eigenvalue weighted by Gasteiger charge is 2.45. The van der Waals surface area contributed by atoms with Gasteiger partial charge in [0.2, 0.25) is 0 Å². The Morgan fingerprint density at radius 1 is 1.21 bits per heavy atom. The van der Waals surface area contributed by atoms with E-state index < -0.39 is 23.6 Å². The number of nitrogens with one attached hydrogen (secondary N) is 1. The molecule has 0 radical (unpaired) electrons. The third-order valence-corrected chi connectivity index (χ3v) is 3.72. The van der Waals surface area contributed by atoms with Crippen LogP contribution in [0.2, 0.25) is 0 Å². The number of carbonyl (C=O) groups excluding carboxylic acids is 1. The summed E-state index contributed by atoms with van der Waals surface area (Å²) in [7, 11) is 0. The molecule has 3 aliphatic rings. The number of alkyl carbamates (subject to hydrolysis) is 1. The van der Waals surface area contributed by atoms with E-state index >= 15 is 0 Å². The molecular weight excluding hydrogens is 246 g/mol. The molecule has 3 aliphatic carbocycles. The van der Waals surface area contributed by atoms with E-state index in [9.17, 15) is 14.7 Å². The minimum Gasteiger partial charge on any atom is -0.481 e. The highest BCUT2D eigenvalue weighted by Crippen LogP contribution is 2.40. The molecule has 5 heteroatoms. The Bertz CT molecular complexity index is 410. The maximum absolute atomic E-state index is 11.8. The number of amides is 1.